The maximum absolute atomic E-state index is 10.4. The van der Waals surface area contributed by atoms with Gasteiger partial charge in [-0.05, 0) is 44.9 Å². The Morgan fingerprint density at radius 3 is 2.74 bits per heavy atom. The van der Waals surface area contributed by atoms with Crippen LogP contribution in [0.4, 0.5) is 0 Å². The van der Waals surface area contributed by atoms with Crippen molar-refractivity contribution in [2.24, 2.45) is 5.92 Å². The highest BCUT2D eigenvalue weighted by Gasteiger charge is 2.22. The monoisotopic (exact) mass is 262 g/mol. The Hall–Kier alpha value is -0.830. The lowest BCUT2D eigenvalue weighted by Crippen LogP contribution is -2.21. The van der Waals surface area contributed by atoms with Crippen molar-refractivity contribution in [2.45, 2.75) is 77.4 Å². The summed E-state index contributed by atoms with van der Waals surface area (Å²) < 4.78 is 2.29. The zero-order valence-electron chi connectivity index (χ0n) is 12.1. The largest absolute Gasteiger partial charge is 0.391 e. The molecule has 1 aromatic heterocycles. The van der Waals surface area contributed by atoms with Crippen molar-refractivity contribution in [1.29, 1.82) is 0 Å². The van der Waals surface area contributed by atoms with Crippen LogP contribution in [0.3, 0.4) is 0 Å². The lowest BCUT2D eigenvalue weighted by Gasteiger charge is -2.20. The molecule has 3 rings (SSSR count). The van der Waals surface area contributed by atoms with Gasteiger partial charge in [-0.1, -0.05) is 25.7 Å². The van der Waals surface area contributed by atoms with Gasteiger partial charge in [-0.15, -0.1) is 0 Å². The molecular weight excluding hydrogens is 236 g/mol. The van der Waals surface area contributed by atoms with Gasteiger partial charge in [-0.2, -0.15) is 0 Å². The van der Waals surface area contributed by atoms with Crippen molar-refractivity contribution < 1.29 is 5.11 Å². The molecule has 2 aliphatic carbocycles. The third-order valence-electron chi connectivity index (χ3n) is 4.90. The SMILES string of the molecule is Cc1nc2c(n1CC(O)CC1CCCC1)CCCC2. The molecule has 1 heterocycles. The van der Waals surface area contributed by atoms with Crippen LogP contribution in [0, 0.1) is 12.8 Å². The molecule has 0 aliphatic heterocycles. The van der Waals surface area contributed by atoms with E-state index >= 15 is 0 Å². The van der Waals surface area contributed by atoms with Gasteiger partial charge in [0.05, 0.1) is 18.3 Å². The molecule has 3 nitrogen and oxygen atoms in total. The first-order chi connectivity index (χ1) is 9.24. The van der Waals surface area contributed by atoms with Crippen LogP contribution in [0.1, 0.15) is 62.2 Å². The number of hydrogen-bond donors (Lipinski definition) is 1. The van der Waals surface area contributed by atoms with E-state index in [2.05, 4.69) is 16.5 Å². The minimum Gasteiger partial charge on any atom is -0.391 e. The van der Waals surface area contributed by atoms with Gasteiger partial charge >= 0.3 is 0 Å². The Kier molecular flexibility index (Phi) is 3.92. The van der Waals surface area contributed by atoms with Gasteiger partial charge in [-0.3, -0.25) is 0 Å². The average Bonchev–Trinajstić information content (AvgIpc) is 2.99. The molecule has 0 radical (unpaired) electrons. The number of fused-ring (bicyclic) bond motifs is 1. The highest BCUT2D eigenvalue weighted by Crippen LogP contribution is 2.29. The van der Waals surface area contributed by atoms with E-state index in [-0.39, 0.29) is 6.10 Å². The molecule has 0 spiro atoms. The minimum absolute atomic E-state index is 0.193. The fourth-order valence-corrected chi connectivity index (χ4v) is 3.89. The maximum atomic E-state index is 10.4. The Bertz CT molecular complexity index is 432. The summed E-state index contributed by atoms with van der Waals surface area (Å²) in [5.74, 6) is 1.85. The molecule has 106 valence electrons. The second-order valence-corrected chi connectivity index (χ2v) is 6.41. The van der Waals surface area contributed by atoms with E-state index in [9.17, 15) is 5.11 Å². The van der Waals surface area contributed by atoms with E-state index in [4.69, 9.17) is 0 Å². The van der Waals surface area contributed by atoms with Crippen molar-refractivity contribution in [3.63, 3.8) is 0 Å². The van der Waals surface area contributed by atoms with Crippen molar-refractivity contribution in [2.75, 3.05) is 0 Å². The first-order valence-electron chi connectivity index (χ1n) is 7.97. The van der Waals surface area contributed by atoms with Gasteiger partial charge in [-0.25, -0.2) is 4.98 Å². The van der Waals surface area contributed by atoms with Crippen LogP contribution in [0.5, 0.6) is 0 Å². The summed E-state index contributed by atoms with van der Waals surface area (Å²) in [6.07, 6.45) is 11.0. The first-order valence-corrected chi connectivity index (χ1v) is 7.97. The second-order valence-electron chi connectivity index (χ2n) is 6.41. The topological polar surface area (TPSA) is 38.0 Å². The van der Waals surface area contributed by atoms with E-state index < -0.39 is 0 Å². The number of nitrogens with zero attached hydrogens (tertiary/aromatic N) is 2. The molecule has 19 heavy (non-hydrogen) atoms. The second kappa shape index (κ2) is 5.66. The zero-order chi connectivity index (χ0) is 13.2. The minimum atomic E-state index is -0.193. The van der Waals surface area contributed by atoms with Crippen molar-refractivity contribution in [3.8, 4) is 0 Å². The molecule has 0 bridgehead atoms. The first kappa shape index (κ1) is 13.2. The van der Waals surface area contributed by atoms with Gasteiger partial charge in [0.15, 0.2) is 0 Å². The molecule has 1 atom stereocenters. The molecule has 3 heteroatoms. The summed E-state index contributed by atoms with van der Waals surface area (Å²) in [7, 11) is 0. The summed E-state index contributed by atoms with van der Waals surface area (Å²) in [5.41, 5.74) is 2.69. The number of aliphatic hydroxyl groups excluding tert-OH is 1. The summed E-state index contributed by atoms with van der Waals surface area (Å²) >= 11 is 0. The molecule has 1 unspecified atom stereocenters. The lowest BCUT2D eigenvalue weighted by atomic mass is 9.99. The third-order valence-corrected chi connectivity index (χ3v) is 4.90. The predicted molar refractivity (Wildman–Crippen MR) is 76.2 cm³/mol. The van der Waals surface area contributed by atoms with Crippen LogP contribution < -0.4 is 0 Å². The van der Waals surface area contributed by atoms with E-state index in [0.29, 0.717) is 0 Å². The van der Waals surface area contributed by atoms with Crippen molar-refractivity contribution in [1.82, 2.24) is 9.55 Å². The highest BCUT2D eigenvalue weighted by molar-refractivity contribution is 5.20. The van der Waals surface area contributed by atoms with Crippen LogP contribution in [-0.2, 0) is 19.4 Å². The molecule has 0 aromatic carbocycles. The van der Waals surface area contributed by atoms with Gasteiger partial charge in [0, 0.05) is 5.69 Å². The highest BCUT2D eigenvalue weighted by atomic mass is 16.3. The van der Waals surface area contributed by atoms with Crippen molar-refractivity contribution in [3.05, 3.63) is 17.2 Å². The summed E-state index contributed by atoms with van der Waals surface area (Å²) in [5, 5.41) is 10.4. The quantitative estimate of drug-likeness (QED) is 0.905. The van der Waals surface area contributed by atoms with E-state index in [1.165, 1.54) is 49.9 Å². The van der Waals surface area contributed by atoms with Gasteiger partial charge in [0.25, 0.3) is 0 Å². The van der Waals surface area contributed by atoms with Crippen LogP contribution in [-0.4, -0.2) is 20.8 Å². The number of rotatable bonds is 4. The molecule has 0 saturated heterocycles. The third kappa shape index (κ3) is 2.86. The number of aryl methyl sites for hydroxylation is 2. The molecule has 1 saturated carbocycles. The Morgan fingerprint density at radius 1 is 1.21 bits per heavy atom. The summed E-state index contributed by atoms with van der Waals surface area (Å²) in [6, 6.07) is 0. The number of aliphatic hydroxyl groups is 1. The molecule has 2 aliphatic rings. The fourth-order valence-electron chi connectivity index (χ4n) is 3.89. The fraction of sp³-hybridized carbons (Fsp3) is 0.812. The van der Waals surface area contributed by atoms with E-state index in [1.54, 1.807) is 0 Å². The van der Waals surface area contributed by atoms with E-state index in [1.807, 2.05) is 0 Å². The van der Waals surface area contributed by atoms with E-state index in [0.717, 1.165) is 37.5 Å². The zero-order valence-corrected chi connectivity index (χ0v) is 12.1. The number of hydrogen-bond acceptors (Lipinski definition) is 2. The predicted octanol–water partition coefficient (Wildman–Crippen LogP) is 3.01. The lowest BCUT2D eigenvalue weighted by molar-refractivity contribution is 0.123. The van der Waals surface area contributed by atoms with Gasteiger partial charge in [0.1, 0.15) is 5.82 Å². The molecule has 1 N–H and O–H groups in total. The number of imidazole rings is 1. The van der Waals surface area contributed by atoms with Gasteiger partial charge in [0.2, 0.25) is 0 Å². The Labute approximate surface area is 116 Å². The Balaban J connectivity index is 1.66. The smallest absolute Gasteiger partial charge is 0.106 e. The normalized spacial score (nSPS) is 21.6. The van der Waals surface area contributed by atoms with Gasteiger partial charge < -0.3 is 9.67 Å². The number of aromatic nitrogens is 2. The van der Waals surface area contributed by atoms with Crippen LogP contribution in [0.15, 0.2) is 0 Å². The average molecular weight is 262 g/mol. The standard InChI is InChI=1S/C16H26N2O/c1-12-17-15-8-4-5-9-16(15)18(12)11-14(19)10-13-6-2-3-7-13/h13-14,19H,2-11H2,1H3. The summed E-state index contributed by atoms with van der Waals surface area (Å²) in [4.78, 5) is 4.69. The summed E-state index contributed by atoms with van der Waals surface area (Å²) in [6.45, 7) is 2.84. The van der Waals surface area contributed by atoms with Crippen molar-refractivity contribution >= 4 is 0 Å². The Morgan fingerprint density at radius 2 is 1.95 bits per heavy atom. The van der Waals surface area contributed by atoms with Crippen LogP contribution >= 0.6 is 0 Å². The van der Waals surface area contributed by atoms with Crippen LogP contribution in [0.2, 0.25) is 0 Å². The molecular formula is C16H26N2O. The van der Waals surface area contributed by atoms with Crippen LogP contribution in [0.25, 0.3) is 0 Å². The maximum Gasteiger partial charge on any atom is 0.106 e. The molecule has 1 fully saturated rings. The molecule has 0 amide bonds. The molecule has 1 aromatic rings.